The van der Waals surface area contributed by atoms with Gasteiger partial charge in [-0.2, -0.15) is 0 Å². The van der Waals surface area contributed by atoms with Crippen molar-refractivity contribution in [2.24, 2.45) is 0 Å². The molecule has 1 N–H and O–H groups in total. The zero-order valence-electron chi connectivity index (χ0n) is 11.5. The van der Waals surface area contributed by atoms with Gasteiger partial charge in [0.15, 0.2) is 9.84 Å². The Kier molecular flexibility index (Phi) is 6.00. The first kappa shape index (κ1) is 16.2. The Morgan fingerprint density at radius 1 is 1.26 bits per heavy atom. The highest BCUT2D eigenvalue weighted by molar-refractivity contribution is 7.91. The highest BCUT2D eigenvalue weighted by atomic mass is 32.2. The van der Waals surface area contributed by atoms with Crippen LogP contribution in [0, 0.1) is 0 Å². The molecule has 4 nitrogen and oxygen atoms in total. The van der Waals surface area contributed by atoms with Crippen molar-refractivity contribution in [3.05, 3.63) is 24.3 Å². The van der Waals surface area contributed by atoms with Crippen molar-refractivity contribution in [1.82, 2.24) is 0 Å². The summed E-state index contributed by atoms with van der Waals surface area (Å²) in [7, 11) is -3.93. The van der Waals surface area contributed by atoms with Crippen LogP contribution in [0.1, 0.15) is 20.3 Å². The molecule has 0 aliphatic heterocycles. The van der Waals surface area contributed by atoms with Crippen LogP contribution in [0.3, 0.4) is 0 Å². The first-order chi connectivity index (χ1) is 8.86. The molecule has 0 aliphatic rings. The third kappa shape index (κ3) is 4.95. The van der Waals surface area contributed by atoms with Gasteiger partial charge in [0.25, 0.3) is 0 Å². The van der Waals surface area contributed by atoms with Crippen molar-refractivity contribution in [1.29, 1.82) is 0 Å². The van der Waals surface area contributed by atoms with Gasteiger partial charge in [0.2, 0.25) is 0 Å². The monoisotopic (exact) mass is 303 g/mol. The van der Waals surface area contributed by atoms with E-state index in [0.29, 0.717) is 4.90 Å². The second-order valence-corrected chi connectivity index (χ2v) is 8.53. The van der Waals surface area contributed by atoms with Gasteiger partial charge in [0, 0.05) is 34.5 Å². The number of benzene rings is 1. The number of anilines is 1. The van der Waals surface area contributed by atoms with Crippen molar-refractivity contribution in [3.8, 4) is 0 Å². The summed E-state index contributed by atoms with van der Waals surface area (Å²) in [5, 5.41) is 3.36. The van der Waals surface area contributed by atoms with E-state index in [1.807, 2.05) is 6.92 Å². The van der Waals surface area contributed by atoms with E-state index in [1.54, 1.807) is 37.4 Å². The van der Waals surface area contributed by atoms with E-state index in [0.717, 1.165) is 18.7 Å². The number of sulfone groups is 1. The normalized spacial score (nSPS) is 14.9. The van der Waals surface area contributed by atoms with Gasteiger partial charge in [-0.15, -0.1) is 0 Å². The second kappa shape index (κ2) is 7.05. The third-order valence-electron chi connectivity index (χ3n) is 3.04. The lowest BCUT2D eigenvalue weighted by Crippen LogP contribution is -2.14. The van der Waals surface area contributed by atoms with Gasteiger partial charge in [0.05, 0.1) is 10.6 Å². The molecule has 0 amide bonds. The van der Waals surface area contributed by atoms with E-state index in [4.69, 9.17) is 0 Å². The van der Waals surface area contributed by atoms with Crippen molar-refractivity contribution in [3.63, 3.8) is 0 Å². The molecule has 6 heteroatoms. The largest absolute Gasteiger partial charge is 0.385 e. The summed E-state index contributed by atoms with van der Waals surface area (Å²) in [6.45, 7) is 4.31. The maximum Gasteiger partial charge on any atom is 0.178 e. The van der Waals surface area contributed by atoms with Crippen LogP contribution in [0.5, 0.6) is 0 Å². The summed E-state index contributed by atoms with van der Waals surface area (Å²) in [4.78, 5) is 0.351. The van der Waals surface area contributed by atoms with Crippen molar-refractivity contribution in [2.45, 2.75) is 30.4 Å². The highest BCUT2D eigenvalue weighted by Crippen LogP contribution is 2.15. The zero-order chi connectivity index (χ0) is 14.5. The molecule has 0 radical (unpaired) electrons. The highest BCUT2D eigenvalue weighted by Gasteiger charge is 2.10. The molecule has 2 unspecified atom stereocenters. The molecule has 2 atom stereocenters. The fourth-order valence-electron chi connectivity index (χ4n) is 1.53. The number of rotatable bonds is 7. The maximum atomic E-state index is 11.6. The van der Waals surface area contributed by atoms with Crippen molar-refractivity contribution in [2.75, 3.05) is 23.9 Å². The molecule has 0 aliphatic carbocycles. The molecule has 19 heavy (non-hydrogen) atoms. The summed E-state index contributed by atoms with van der Waals surface area (Å²) < 4.78 is 34.5. The molecule has 0 spiro atoms. The molecule has 0 bridgehead atoms. The third-order valence-corrected chi connectivity index (χ3v) is 6.16. The second-order valence-electron chi connectivity index (χ2n) is 4.45. The molecule has 0 fully saturated rings. The van der Waals surface area contributed by atoms with E-state index >= 15 is 0 Å². The summed E-state index contributed by atoms with van der Waals surface area (Å²) in [5.74, 6) is 0.111. The van der Waals surface area contributed by atoms with E-state index in [1.165, 1.54) is 0 Å². The quantitative estimate of drug-likeness (QED) is 0.837. The van der Waals surface area contributed by atoms with Crippen LogP contribution >= 0.6 is 0 Å². The Hall–Kier alpha value is -0.880. The minimum Gasteiger partial charge on any atom is -0.385 e. The van der Waals surface area contributed by atoms with Crippen LogP contribution in [0.4, 0.5) is 5.69 Å². The summed E-state index contributed by atoms with van der Waals surface area (Å²) in [5.41, 5.74) is 0.879. The number of hydrogen-bond donors (Lipinski definition) is 1. The SMILES string of the molecule is CCS(=O)(=O)c1ccc(NCCC(C)S(C)=O)cc1. The summed E-state index contributed by atoms with van der Waals surface area (Å²) in [6, 6.07) is 6.75. The van der Waals surface area contributed by atoms with Crippen LogP contribution < -0.4 is 5.32 Å². The fourth-order valence-corrected chi connectivity index (χ4v) is 2.87. The lowest BCUT2D eigenvalue weighted by Gasteiger charge is -2.10. The molecule has 1 rings (SSSR count). The zero-order valence-corrected chi connectivity index (χ0v) is 13.2. The Morgan fingerprint density at radius 2 is 1.84 bits per heavy atom. The lowest BCUT2D eigenvalue weighted by molar-refractivity contribution is 0.597. The molecular formula is C13H21NO3S2. The number of hydrogen-bond acceptors (Lipinski definition) is 4. The van der Waals surface area contributed by atoms with Gasteiger partial charge in [-0.1, -0.05) is 13.8 Å². The minimum absolute atomic E-state index is 0.111. The van der Waals surface area contributed by atoms with Gasteiger partial charge in [-0.25, -0.2) is 8.42 Å². The van der Waals surface area contributed by atoms with Crippen LogP contribution in [0.2, 0.25) is 0 Å². The number of nitrogens with one attached hydrogen (secondary N) is 1. The Balaban J connectivity index is 2.56. The topological polar surface area (TPSA) is 63.2 Å². The molecule has 0 aromatic heterocycles. The first-order valence-electron chi connectivity index (χ1n) is 6.25. The van der Waals surface area contributed by atoms with Crippen LogP contribution in [0.25, 0.3) is 0 Å². The molecule has 0 saturated carbocycles. The predicted molar refractivity (Wildman–Crippen MR) is 80.8 cm³/mol. The molecule has 1 aromatic carbocycles. The molecule has 108 valence electrons. The Labute approximate surface area is 118 Å². The van der Waals surface area contributed by atoms with Gasteiger partial charge in [-0.3, -0.25) is 4.21 Å². The van der Waals surface area contributed by atoms with Gasteiger partial charge < -0.3 is 5.32 Å². The molecule has 0 heterocycles. The van der Waals surface area contributed by atoms with E-state index in [2.05, 4.69) is 5.32 Å². The lowest BCUT2D eigenvalue weighted by atomic mass is 10.3. The minimum atomic E-state index is -3.13. The first-order valence-corrected chi connectivity index (χ1v) is 9.53. The maximum absolute atomic E-state index is 11.6. The predicted octanol–water partition coefficient (Wildman–Crippen LogP) is 2.05. The van der Waals surface area contributed by atoms with Crippen LogP contribution in [-0.2, 0) is 20.6 Å². The molecule has 1 aromatic rings. The summed E-state index contributed by atoms with van der Waals surface area (Å²) in [6.07, 6.45) is 2.52. The average Bonchev–Trinajstić information content (AvgIpc) is 2.39. The van der Waals surface area contributed by atoms with E-state index in [9.17, 15) is 12.6 Å². The Bertz CT molecular complexity index is 523. The van der Waals surface area contributed by atoms with E-state index < -0.39 is 20.6 Å². The summed E-state index contributed by atoms with van der Waals surface area (Å²) >= 11 is 0. The Morgan fingerprint density at radius 3 is 2.32 bits per heavy atom. The van der Waals surface area contributed by atoms with E-state index in [-0.39, 0.29) is 11.0 Å². The average molecular weight is 303 g/mol. The fraction of sp³-hybridized carbons (Fsp3) is 0.538. The molecular weight excluding hydrogens is 282 g/mol. The van der Waals surface area contributed by atoms with Gasteiger partial charge in [-0.05, 0) is 30.7 Å². The van der Waals surface area contributed by atoms with Crippen molar-refractivity contribution >= 4 is 26.3 Å². The van der Waals surface area contributed by atoms with Crippen LogP contribution in [-0.4, -0.2) is 36.4 Å². The van der Waals surface area contributed by atoms with Crippen LogP contribution in [0.15, 0.2) is 29.2 Å². The van der Waals surface area contributed by atoms with Gasteiger partial charge in [0.1, 0.15) is 0 Å². The smallest absolute Gasteiger partial charge is 0.178 e. The van der Waals surface area contributed by atoms with Gasteiger partial charge >= 0.3 is 0 Å². The van der Waals surface area contributed by atoms with Crippen molar-refractivity contribution < 1.29 is 12.6 Å². The standard InChI is InChI=1S/C13H21NO3S2/c1-4-19(16,17)13-7-5-12(6-8-13)14-10-9-11(2)18(3)15/h5-8,11,14H,4,9-10H2,1-3H3. The molecule has 0 saturated heterocycles.